The number of anilines is 1. The Kier molecular flexibility index (Phi) is 3.74. The number of benzene rings is 1. The van der Waals surface area contributed by atoms with Gasteiger partial charge in [0, 0.05) is 11.9 Å². The molecule has 0 spiro atoms. The van der Waals surface area contributed by atoms with E-state index >= 15 is 0 Å². The number of nitriles is 1. The van der Waals surface area contributed by atoms with Crippen LogP contribution in [0.2, 0.25) is 0 Å². The van der Waals surface area contributed by atoms with Crippen LogP contribution in [0.5, 0.6) is 5.75 Å². The summed E-state index contributed by atoms with van der Waals surface area (Å²) >= 11 is 0. The molecule has 19 heavy (non-hydrogen) atoms. The predicted molar refractivity (Wildman–Crippen MR) is 69.6 cm³/mol. The van der Waals surface area contributed by atoms with Crippen LogP contribution in [-0.4, -0.2) is 16.0 Å². The van der Waals surface area contributed by atoms with Gasteiger partial charge in [-0.1, -0.05) is 12.1 Å². The molecule has 0 atom stereocenters. The third kappa shape index (κ3) is 3.07. The molecule has 1 aromatic heterocycles. The van der Waals surface area contributed by atoms with E-state index in [-0.39, 0.29) is 11.3 Å². The van der Waals surface area contributed by atoms with Gasteiger partial charge in [0.15, 0.2) is 0 Å². The summed E-state index contributed by atoms with van der Waals surface area (Å²) in [5.41, 5.74) is 1.64. The molecule has 1 heterocycles. The molecule has 5 nitrogen and oxygen atoms in total. The number of hydrogen-bond donors (Lipinski definition) is 2. The number of nitrogens with zero attached hydrogens (tertiary/aromatic N) is 2. The molecule has 0 radical (unpaired) electrons. The fraction of sp³-hybridized carbons (Fsp3) is 0.0714. The molecule has 0 aliphatic carbocycles. The van der Waals surface area contributed by atoms with Gasteiger partial charge in [0.1, 0.15) is 5.75 Å². The minimum absolute atomic E-state index is 0.163. The van der Waals surface area contributed by atoms with Gasteiger partial charge in [0.05, 0.1) is 24.3 Å². The summed E-state index contributed by atoms with van der Waals surface area (Å²) < 4.78 is 0. The molecule has 1 aromatic carbocycles. The van der Waals surface area contributed by atoms with E-state index in [2.05, 4.69) is 16.4 Å². The van der Waals surface area contributed by atoms with Crippen molar-refractivity contribution in [2.24, 2.45) is 0 Å². The number of pyridine rings is 1. The summed E-state index contributed by atoms with van der Waals surface area (Å²) in [5, 5.41) is 20.7. The first-order chi connectivity index (χ1) is 9.20. The van der Waals surface area contributed by atoms with Crippen molar-refractivity contribution in [1.82, 2.24) is 4.98 Å². The Hall–Kier alpha value is -2.87. The molecule has 0 aliphatic heterocycles. The monoisotopic (exact) mass is 253 g/mol. The highest BCUT2D eigenvalue weighted by Gasteiger charge is 2.10. The van der Waals surface area contributed by atoms with Gasteiger partial charge in [0.2, 0.25) is 0 Å². The van der Waals surface area contributed by atoms with Crippen LogP contribution < -0.4 is 5.32 Å². The van der Waals surface area contributed by atoms with Crippen LogP contribution in [0.25, 0.3) is 0 Å². The number of aromatic hydroxyl groups is 1. The van der Waals surface area contributed by atoms with E-state index in [0.29, 0.717) is 12.1 Å². The molecule has 5 heteroatoms. The maximum Gasteiger partial charge on any atom is 0.259 e. The van der Waals surface area contributed by atoms with Gasteiger partial charge in [-0.25, -0.2) is 0 Å². The number of nitrogens with one attached hydrogen (secondary N) is 1. The standard InChI is InChI=1S/C14H11N3O2/c15-7-5-10-1-3-11(4-2-10)17-14(19)12-6-8-16-9-13(12)18/h1-4,6,8-9,18H,5H2,(H,17,19). The lowest BCUT2D eigenvalue weighted by Crippen LogP contribution is -2.12. The molecule has 0 unspecified atom stereocenters. The van der Waals surface area contributed by atoms with Crippen LogP contribution in [0.3, 0.4) is 0 Å². The Bertz CT molecular complexity index is 630. The fourth-order valence-corrected chi connectivity index (χ4v) is 1.57. The minimum Gasteiger partial charge on any atom is -0.505 e. The lowest BCUT2D eigenvalue weighted by Gasteiger charge is -2.06. The predicted octanol–water partition coefficient (Wildman–Crippen LogP) is 2.11. The van der Waals surface area contributed by atoms with E-state index in [0.717, 1.165) is 5.56 Å². The molecule has 0 saturated carbocycles. The molecular weight excluding hydrogens is 242 g/mol. The lowest BCUT2D eigenvalue weighted by molar-refractivity contribution is 0.102. The van der Waals surface area contributed by atoms with Crippen LogP contribution in [0.4, 0.5) is 5.69 Å². The van der Waals surface area contributed by atoms with Crippen LogP contribution in [0.1, 0.15) is 15.9 Å². The van der Waals surface area contributed by atoms with Crippen molar-refractivity contribution >= 4 is 11.6 Å². The molecule has 2 N–H and O–H groups in total. The summed E-state index contributed by atoms with van der Waals surface area (Å²) in [6.07, 6.45) is 2.98. The Morgan fingerprint density at radius 3 is 2.68 bits per heavy atom. The molecule has 0 fully saturated rings. The van der Waals surface area contributed by atoms with E-state index in [9.17, 15) is 9.90 Å². The molecule has 94 valence electrons. The van der Waals surface area contributed by atoms with Crippen LogP contribution in [-0.2, 0) is 6.42 Å². The number of rotatable bonds is 3. The van der Waals surface area contributed by atoms with E-state index in [1.165, 1.54) is 18.5 Å². The molecule has 0 bridgehead atoms. The van der Waals surface area contributed by atoms with Crippen molar-refractivity contribution in [1.29, 1.82) is 5.26 Å². The summed E-state index contributed by atoms with van der Waals surface area (Å²) in [7, 11) is 0. The number of amides is 1. The third-order valence-electron chi connectivity index (χ3n) is 2.54. The quantitative estimate of drug-likeness (QED) is 0.877. The van der Waals surface area contributed by atoms with Gasteiger partial charge in [-0.2, -0.15) is 5.26 Å². The average Bonchev–Trinajstić information content (AvgIpc) is 2.42. The second-order valence-electron chi connectivity index (χ2n) is 3.88. The summed E-state index contributed by atoms with van der Waals surface area (Å²) in [6, 6.07) is 10.4. The highest BCUT2D eigenvalue weighted by molar-refractivity contribution is 6.05. The third-order valence-corrected chi connectivity index (χ3v) is 2.54. The minimum atomic E-state index is -0.409. The number of hydrogen-bond acceptors (Lipinski definition) is 4. The molecular formula is C14H11N3O2. The zero-order valence-corrected chi connectivity index (χ0v) is 10.00. The van der Waals surface area contributed by atoms with Gasteiger partial charge in [-0.15, -0.1) is 0 Å². The summed E-state index contributed by atoms with van der Waals surface area (Å²) in [5.74, 6) is -0.575. The largest absolute Gasteiger partial charge is 0.505 e. The number of aromatic nitrogens is 1. The highest BCUT2D eigenvalue weighted by atomic mass is 16.3. The van der Waals surface area contributed by atoms with E-state index in [4.69, 9.17) is 5.26 Å². The molecule has 0 aliphatic rings. The average molecular weight is 253 g/mol. The second kappa shape index (κ2) is 5.65. The maximum absolute atomic E-state index is 11.9. The number of carbonyl (C=O) groups is 1. The summed E-state index contributed by atoms with van der Waals surface area (Å²) in [4.78, 5) is 15.6. The topological polar surface area (TPSA) is 86.0 Å². The SMILES string of the molecule is N#CCc1ccc(NC(=O)c2ccncc2O)cc1. The molecule has 2 aromatic rings. The zero-order valence-electron chi connectivity index (χ0n) is 10.00. The van der Waals surface area contributed by atoms with Crippen LogP contribution in [0.15, 0.2) is 42.7 Å². The van der Waals surface area contributed by atoms with Gasteiger partial charge >= 0.3 is 0 Å². The second-order valence-corrected chi connectivity index (χ2v) is 3.88. The lowest BCUT2D eigenvalue weighted by atomic mass is 10.1. The van der Waals surface area contributed by atoms with Crippen molar-refractivity contribution in [2.45, 2.75) is 6.42 Å². The van der Waals surface area contributed by atoms with Gasteiger partial charge in [-0.3, -0.25) is 9.78 Å². The molecule has 2 rings (SSSR count). The smallest absolute Gasteiger partial charge is 0.259 e. The molecule has 1 amide bonds. The van der Waals surface area contributed by atoms with Crippen LogP contribution in [0, 0.1) is 11.3 Å². The van der Waals surface area contributed by atoms with Gasteiger partial charge in [0.25, 0.3) is 5.91 Å². The first kappa shape index (κ1) is 12.6. The van der Waals surface area contributed by atoms with Gasteiger partial charge < -0.3 is 10.4 Å². The fourth-order valence-electron chi connectivity index (χ4n) is 1.57. The van der Waals surface area contributed by atoms with E-state index in [1.807, 2.05) is 0 Å². The maximum atomic E-state index is 11.9. The highest BCUT2D eigenvalue weighted by Crippen LogP contribution is 2.17. The molecule has 0 saturated heterocycles. The van der Waals surface area contributed by atoms with Crippen LogP contribution >= 0.6 is 0 Å². The van der Waals surface area contributed by atoms with Crippen molar-refractivity contribution in [3.05, 3.63) is 53.9 Å². The Labute approximate surface area is 110 Å². The van der Waals surface area contributed by atoms with Crippen molar-refractivity contribution in [2.75, 3.05) is 5.32 Å². The number of carbonyl (C=O) groups excluding carboxylic acids is 1. The van der Waals surface area contributed by atoms with E-state index < -0.39 is 5.91 Å². The van der Waals surface area contributed by atoms with Crippen molar-refractivity contribution < 1.29 is 9.90 Å². The first-order valence-electron chi connectivity index (χ1n) is 5.61. The van der Waals surface area contributed by atoms with Gasteiger partial charge in [-0.05, 0) is 23.8 Å². The Morgan fingerprint density at radius 1 is 1.32 bits per heavy atom. The normalized spacial score (nSPS) is 9.63. The first-order valence-corrected chi connectivity index (χ1v) is 5.61. The Morgan fingerprint density at radius 2 is 2.05 bits per heavy atom. The summed E-state index contributed by atoms with van der Waals surface area (Å²) in [6.45, 7) is 0. The van der Waals surface area contributed by atoms with Crippen molar-refractivity contribution in [3.8, 4) is 11.8 Å². The van der Waals surface area contributed by atoms with Crippen molar-refractivity contribution in [3.63, 3.8) is 0 Å². The van der Waals surface area contributed by atoms with E-state index in [1.54, 1.807) is 24.3 Å². The Balaban J connectivity index is 2.11. The zero-order chi connectivity index (χ0) is 13.7.